The number of carbonyl (C=O) groups is 1. The van der Waals surface area contributed by atoms with E-state index < -0.39 is 6.10 Å². The number of nitrogens with zero attached hydrogens (tertiary/aromatic N) is 2. The fourth-order valence-electron chi connectivity index (χ4n) is 4.38. The monoisotopic (exact) mass is 466 g/mol. The molecular formula is C25H27FN4O4. The van der Waals surface area contributed by atoms with Gasteiger partial charge in [0.25, 0.3) is 12.0 Å². The third-order valence-electron chi connectivity index (χ3n) is 6.04. The highest BCUT2D eigenvalue weighted by atomic mass is 19.1. The summed E-state index contributed by atoms with van der Waals surface area (Å²) >= 11 is 0. The molecule has 2 aromatic heterocycles. The number of hydrogen-bond donors (Lipinski definition) is 3. The van der Waals surface area contributed by atoms with Gasteiger partial charge in [-0.05, 0) is 55.5 Å². The quantitative estimate of drug-likeness (QED) is 0.243. The Morgan fingerprint density at radius 3 is 2.88 bits per heavy atom. The Balaban J connectivity index is 1.67. The molecule has 1 aliphatic heterocycles. The number of unbranched alkanes of at least 4 members (excludes halogenated alkanes) is 1. The van der Waals surface area contributed by atoms with Crippen LogP contribution in [0.5, 0.6) is 0 Å². The van der Waals surface area contributed by atoms with E-state index in [2.05, 4.69) is 16.9 Å². The third kappa shape index (κ3) is 4.51. The highest BCUT2D eigenvalue weighted by Gasteiger charge is 2.26. The number of rotatable bonds is 10. The molecule has 3 heterocycles. The lowest BCUT2D eigenvalue weighted by atomic mass is 10.0. The highest BCUT2D eigenvalue weighted by Crippen LogP contribution is 2.34. The van der Waals surface area contributed by atoms with Crippen LogP contribution in [0.1, 0.15) is 48.1 Å². The summed E-state index contributed by atoms with van der Waals surface area (Å²) in [7, 11) is 0. The van der Waals surface area contributed by atoms with Crippen LogP contribution in [-0.4, -0.2) is 27.7 Å². The van der Waals surface area contributed by atoms with Crippen molar-refractivity contribution >= 4 is 17.4 Å². The predicted octanol–water partition coefficient (Wildman–Crippen LogP) is 2.63. The molecular weight excluding hydrogens is 439 g/mol. The summed E-state index contributed by atoms with van der Waals surface area (Å²) in [5.41, 5.74) is 8.80. The summed E-state index contributed by atoms with van der Waals surface area (Å²) in [5, 5.41) is 14.0. The maximum Gasteiger partial charge on any atom is 0.293 e. The number of benzene rings is 1. The lowest BCUT2D eigenvalue weighted by Crippen LogP contribution is -2.26. The van der Waals surface area contributed by atoms with Gasteiger partial charge >= 0.3 is 0 Å². The first-order valence-electron chi connectivity index (χ1n) is 11.1. The van der Waals surface area contributed by atoms with Crippen LogP contribution in [0.25, 0.3) is 22.3 Å². The Hall–Kier alpha value is -3.72. The molecule has 0 saturated heterocycles. The van der Waals surface area contributed by atoms with E-state index in [4.69, 9.17) is 10.5 Å². The first kappa shape index (κ1) is 23.4. The zero-order chi connectivity index (χ0) is 24.4. The van der Waals surface area contributed by atoms with Crippen molar-refractivity contribution < 1.29 is 19.0 Å². The molecule has 0 aliphatic carbocycles. The molecule has 0 radical (unpaired) electrons. The Kier molecular flexibility index (Phi) is 6.65. The van der Waals surface area contributed by atoms with Gasteiger partial charge in [0.15, 0.2) is 0 Å². The number of nitrogens with two attached hydrogens (primary N) is 1. The van der Waals surface area contributed by atoms with Crippen molar-refractivity contribution in [2.24, 2.45) is 5.73 Å². The number of aromatic nitrogens is 2. The van der Waals surface area contributed by atoms with Crippen LogP contribution >= 0.6 is 0 Å². The second-order valence-electron chi connectivity index (χ2n) is 8.48. The van der Waals surface area contributed by atoms with Crippen molar-refractivity contribution in [3.8, 4) is 11.4 Å². The average molecular weight is 467 g/mol. The molecule has 34 heavy (non-hydrogen) atoms. The molecule has 0 saturated carbocycles. The highest BCUT2D eigenvalue weighted by molar-refractivity contribution is 5.84. The van der Waals surface area contributed by atoms with Crippen LogP contribution in [-0.2, 0) is 29.1 Å². The Labute approximate surface area is 195 Å². The summed E-state index contributed by atoms with van der Waals surface area (Å²) < 4.78 is 21.1. The molecule has 4 rings (SSSR count). The van der Waals surface area contributed by atoms with Gasteiger partial charge in [0.05, 0.1) is 40.9 Å². The minimum absolute atomic E-state index is 0.224. The van der Waals surface area contributed by atoms with Crippen LogP contribution in [0.4, 0.5) is 4.39 Å². The van der Waals surface area contributed by atoms with Crippen LogP contribution < -0.4 is 16.6 Å². The van der Waals surface area contributed by atoms with E-state index in [9.17, 15) is 19.1 Å². The van der Waals surface area contributed by atoms with Crippen molar-refractivity contribution in [3.05, 3.63) is 75.1 Å². The maximum atomic E-state index is 14.8. The Bertz CT molecular complexity index is 1330. The number of nitrogens with one attached hydrogen (secondary N) is 1. The van der Waals surface area contributed by atoms with Gasteiger partial charge in [0.1, 0.15) is 12.4 Å². The topological polar surface area (TPSA) is 119 Å². The number of carbonyl (C=O) groups excluding carboxylic acids is 1. The number of hydrogen-bond acceptors (Lipinski definition) is 7. The number of aryl methyl sites for hydroxylation is 1. The Morgan fingerprint density at radius 2 is 2.18 bits per heavy atom. The normalized spacial score (nSPS) is 12.8. The largest absolute Gasteiger partial charge is 0.463 e. The standard InChI is InChI=1S/C25H27FN4O4/c1-14(32)19-9-23-24-18(11-30(23)25(33)20(19)12-34-13-31)8-17-7-16(21(26)10-22(17)29-24)5-3-4-6-28-15(2)27/h7-10,13-14,28,32H,2-6,11-12,27H2,1H3. The van der Waals surface area contributed by atoms with Gasteiger partial charge in [-0.3, -0.25) is 9.59 Å². The number of aliphatic hydroxyl groups excluding tert-OH is 1. The summed E-state index contributed by atoms with van der Waals surface area (Å²) in [6, 6.07) is 6.85. The first-order chi connectivity index (χ1) is 16.3. The number of ether oxygens (including phenoxy) is 1. The lowest BCUT2D eigenvalue weighted by molar-refractivity contribution is -0.129. The van der Waals surface area contributed by atoms with Gasteiger partial charge in [-0.1, -0.05) is 6.58 Å². The molecule has 0 amide bonds. The van der Waals surface area contributed by atoms with Gasteiger partial charge < -0.3 is 25.5 Å². The molecule has 0 spiro atoms. The molecule has 1 unspecified atom stereocenters. The summed E-state index contributed by atoms with van der Waals surface area (Å²) in [5.74, 6) is 0.0958. The third-order valence-corrected chi connectivity index (χ3v) is 6.04. The van der Waals surface area contributed by atoms with E-state index in [0.29, 0.717) is 53.4 Å². The van der Waals surface area contributed by atoms with Crippen LogP contribution in [0, 0.1) is 5.82 Å². The second-order valence-corrected chi connectivity index (χ2v) is 8.48. The molecule has 1 atom stereocenters. The number of fused-ring (bicyclic) bond motifs is 4. The van der Waals surface area contributed by atoms with Gasteiger partial charge in [0, 0.05) is 23.6 Å². The lowest BCUT2D eigenvalue weighted by Gasteiger charge is -2.14. The number of aliphatic hydroxyl groups is 1. The fourth-order valence-corrected chi connectivity index (χ4v) is 4.38. The van der Waals surface area contributed by atoms with Gasteiger partial charge in [-0.15, -0.1) is 0 Å². The van der Waals surface area contributed by atoms with Crippen molar-refractivity contribution in [2.75, 3.05) is 6.54 Å². The fraction of sp³-hybridized carbons (Fsp3) is 0.320. The number of pyridine rings is 2. The second kappa shape index (κ2) is 9.64. The van der Waals surface area contributed by atoms with E-state index >= 15 is 0 Å². The molecule has 0 bridgehead atoms. The van der Waals surface area contributed by atoms with Gasteiger partial charge in [-0.25, -0.2) is 9.37 Å². The minimum atomic E-state index is -0.938. The first-order valence-corrected chi connectivity index (χ1v) is 11.1. The van der Waals surface area contributed by atoms with Gasteiger partial charge in [0.2, 0.25) is 0 Å². The Morgan fingerprint density at radius 1 is 1.38 bits per heavy atom. The minimum Gasteiger partial charge on any atom is -0.463 e. The maximum absolute atomic E-state index is 14.8. The van der Waals surface area contributed by atoms with Crippen molar-refractivity contribution in [1.29, 1.82) is 0 Å². The van der Waals surface area contributed by atoms with Crippen molar-refractivity contribution in [2.45, 2.75) is 45.4 Å². The van der Waals surface area contributed by atoms with Crippen molar-refractivity contribution in [3.63, 3.8) is 0 Å². The van der Waals surface area contributed by atoms with E-state index in [-0.39, 0.29) is 30.0 Å². The van der Waals surface area contributed by atoms with Crippen LogP contribution in [0.3, 0.4) is 0 Å². The van der Waals surface area contributed by atoms with E-state index in [1.54, 1.807) is 17.6 Å². The molecule has 178 valence electrons. The summed E-state index contributed by atoms with van der Waals surface area (Å²) in [6.07, 6.45) is 1.26. The van der Waals surface area contributed by atoms with Crippen LogP contribution in [0.2, 0.25) is 0 Å². The van der Waals surface area contributed by atoms with E-state index in [0.717, 1.165) is 23.8 Å². The smallest absolute Gasteiger partial charge is 0.293 e. The molecule has 1 aliphatic rings. The van der Waals surface area contributed by atoms with E-state index in [1.807, 2.05) is 12.1 Å². The SMILES string of the molecule is C=C(N)NCCCCc1cc2cc3c(nc2cc1F)-c1cc(C(C)O)c(COC=O)c(=O)n1C3. The molecule has 4 N–H and O–H groups in total. The molecule has 9 heteroatoms. The summed E-state index contributed by atoms with van der Waals surface area (Å²) in [6.45, 7) is 6.14. The summed E-state index contributed by atoms with van der Waals surface area (Å²) in [4.78, 5) is 28.4. The number of halogens is 1. The zero-order valence-corrected chi connectivity index (χ0v) is 18.9. The van der Waals surface area contributed by atoms with Crippen LogP contribution in [0.15, 0.2) is 41.5 Å². The van der Waals surface area contributed by atoms with E-state index in [1.165, 1.54) is 6.07 Å². The molecule has 1 aromatic carbocycles. The predicted molar refractivity (Wildman–Crippen MR) is 126 cm³/mol. The molecule has 3 aromatic rings. The van der Waals surface area contributed by atoms with Crippen molar-refractivity contribution in [1.82, 2.24) is 14.9 Å². The average Bonchev–Trinajstić information content (AvgIpc) is 3.14. The molecule has 8 nitrogen and oxygen atoms in total. The van der Waals surface area contributed by atoms with Gasteiger partial charge in [-0.2, -0.15) is 0 Å². The molecule has 0 fully saturated rings. The zero-order valence-electron chi connectivity index (χ0n) is 18.9.